The van der Waals surface area contributed by atoms with Crippen LogP contribution in [0.5, 0.6) is 0 Å². The predicted octanol–water partition coefficient (Wildman–Crippen LogP) is 1.82. The maximum absolute atomic E-state index is 11.6. The topological polar surface area (TPSA) is 134 Å². The molecule has 31 heavy (non-hydrogen) atoms. The molecular weight excluding hydrogens is 410 g/mol. The highest BCUT2D eigenvalue weighted by Gasteiger charge is 2.28. The number of carbonyl (C=O) groups excluding carboxylic acids is 5. The van der Waals surface area contributed by atoms with Gasteiger partial charge in [0.1, 0.15) is 24.4 Å². The molecule has 0 heterocycles. The highest BCUT2D eigenvalue weighted by molar-refractivity contribution is 5.67. The zero-order chi connectivity index (χ0) is 24.0. The largest absolute Gasteiger partial charge is 0.463 e. The first-order valence-corrected chi connectivity index (χ1v) is 10.3. The number of ether oxygens (including phenoxy) is 4. The Morgan fingerprint density at radius 2 is 1.13 bits per heavy atom. The molecule has 0 aliphatic rings. The summed E-state index contributed by atoms with van der Waals surface area (Å²) in [6, 6.07) is -0.449. The molecule has 0 radical (unpaired) electrons. The third-order valence-electron chi connectivity index (χ3n) is 4.34. The Balaban J connectivity index is 5.38. The summed E-state index contributed by atoms with van der Waals surface area (Å²) in [4.78, 5) is 56.7. The molecule has 5 unspecified atom stereocenters. The molecule has 1 amide bonds. The van der Waals surface area contributed by atoms with Gasteiger partial charge in [-0.15, -0.1) is 0 Å². The summed E-state index contributed by atoms with van der Waals surface area (Å²) in [6.45, 7) is 8.61. The zero-order valence-corrected chi connectivity index (χ0v) is 19.2. The van der Waals surface area contributed by atoms with Gasteiger partial charge in [0.2, 0.25) is 6.41 Å². The molecule has 0 aromatic carbocycles. The molecule has 0 saturated heterocycles. The van der Waals surface area contributed by atoms with Gasteiger partial charge < -0.3 is 24.3 Å². The van der Waals surface area contributed by atoms with Crippen LogP contribution < -0.4 is 5.32 Å². The number of hydrogen-bond donors (Lipinski definition) is 1. The number of rotatable bonds is 15. The summed E-state index contributed by atoms with van der Waals surface area (Å²) >= 11 is 0. The maximum atomic E-state index is 11.6. The zero-order valence-electron chi connectivity index (χ0n) is 19.2. The van der Waals surface area contributed by atoms with Gasteiger partial charge in [0, 0.05) is 59.4 Å². The Labute approximate surface area is 183 Å². The van der Waals surface area contributed by atoms with E-state index in [0.717, 1.165) is 0 Å². The van der Waals surface area contributed by atoms with E-state index < -0.39 is 54.3 Å². The molecule has 0 aromatic rings. The van der Waals surface area contributed by atoms with Gasteiger partial charge in [-0.05, 0) is 13.3 Å². The number of carbonyl (C=O) groups is 5. The molecule has 0 aromatic heterocycles. The highest BCUT2D eigenvalue weighted by atomic mass is 16.6. The fraction of sp³-hybridized carbons (Fsp3) is 0.762. The third kappa shape index (κ3) is 14.9. The van der Waals surface area contributed by atoms with Gasteiger partial charge in [-0.25, -0.2) is 0 Å². The predicted molar refractivity (Wildman–Crippen MR) is 110 cm³/mol. The molecule has 0 saturated carbocycles. The average molecular weight is 446 g/mol. The molecule has 178 valence electrons. The third-order valence-corrected chi connectivity index (χ3v) is 4.34. The van der Waals surface area contributed by atoms with Crippen LogP contribution in [0.1, 0.15) is 73.6 Å². The fourth-order valence-electron chi connectivity index (χ4n) is 3.35. The van der Waals surface area contributed by atoms with Crippen LogP contribution in [0, 0.1) is 0 Å². The van der Waals surface area contributed by atoms with Crippen LogP contribution in [0.3, 0.4) is 0 Å². The molecule has 0 fully saturated rings. The van der Waals surface area contributed by atoms with Crippen LogP contribution in [0.4, 0.5) is 0 Å². The van der Waals surface area contributed by atoms with Gasteiger partial charge in [0.25, 0.3) is 0 Å². The smallest absolute Gasteiger partial charge is 0.302 e. The van der Waals surface area contributed by atoms with Crippen molar-refractivity contribution >= 4 is 30.3 Å². The second-order valence-electron chi connectivity index (χ2n) is 7.45. The van der Waals surface area contributed by atoms with Crippen LogP contribution in [-0.2, 0) is 42.9 Å². The summed E-state index contributed by atoms with van der Waals surface area (Å²) in [7, 11) is 0. The van der Waals surface area contributed by atoms with E-state index in [2.05, 4.69) is 5.32 Å². The first-order valence-electron chi connectivity index (χ1n) is 10.3. The lowest BCUT2D eigenvalue weighted by Crippen LogP contribution is -2.39. The van der Waals surface area contributed by atoms with E-state index in [1.807, 2.05) is 6.92 Å². The Morgan fingerprint density at radius 1 is 0.710 bits per heavy atom. The number of amides is 1. The minimum Gasteiger partial charge on any atom is -0.463 e. The van der Waals surface area contributed by atoms with E-state index in [9.17, 15) is 24.0 Å². The molecule has 0 aliphatic heterocycles. The standard InChI is InChI=1S/C21H35NO9/c1-7-19(29-15(4)25)9-18(22-12-23)10-21(31-17(6)27)11-20(30-16(5)26)8-13(2)28-14(3)24/h12-13,18-21H,7-11H2,1-6H3,(H,22,23). The lowest BCUT2D eigenvalue weighted by atomic mass is 9.96. The number of esters is 4. The Bertz CT molecular complexity index is 608. The van der Waals surface area contributed by atoms with Crippen molar-refractivity contribution in [3.8, 4) is 0 Å². The van der Waals surface area contributed by atoms with Gasteiger partial charge in [-0.3, -0.25) is 24.0 Å². The van der Waals surface area contributed by atoms with Gasteiger partial charge in [0.05, 0.1) is 0 Å². The molecule has 1 N–H and O–H groups in total. The molecule has 10 heteroatoms. The summed E-state index contributed by atoms with van der Waals surface area (Å²) in [5.41, 5.74) is 0. The van der Waals surface area contributed by atoms with Crippen molar-refractivity contribution in [3.63, 3.8) is 0 Å². The van der Waals surface area contributed by atoms with Gasteiger partial charge in [0.15, 0.2) is 0 Å². The van der Waals surface area contributed by atoms with E-state index in [-0.39, 0.29) is 19.3 Å². The maximum Gasteiger partial charge on any atom is 0.302 e. The normalized spacial score (nSPS) is 15.4. The molecule has 0 spiro atoms. The summed E-state index contributed by atoms with van der Waals surface area (Å²) in [5.74, 6) is -1.94. The van der Waals surface area contributed by atoms with E-state index >= 15 is 0 Å². The van der Waals surface area contributed by atoms with Crippen molar-refractivity contribution in [1.29, 1.82) is 0 Å². The Hall–Kier alpha value is -2.65. The quantitative estimate of drug-likeness (QED) is 0.227. The van der Waals surface area contributed by atoms with Gasteiger partial charge in [-0.1, -0.05) is 6.92 Å². The first kappa shape index (κ1) is 28.4. The van der Waals surface area contributed by atoms with E-state index in [1.165, 1.54) is 27.7 Å². The Kier molecular flexibility index (Phi) is 13.9. The van der Waals surface area contributed by atoms with Crippen molar-refractivity contribution in [3.05, 3.63) is 0 Å². The number of nitrogens with one attached hydrogen (secondary N) is 1. The summed E-state index contributed by atoms with van der Waals surface area (Å²) < 4.78 is 21.1. The van der Waals surface area contributed by atoms with E-state index in [1.54, 1.807) is 6.92 Å². The van der Waals surface area contributed by atoms with Crippen LogP contribution in [0.15, 0.2) is 0 Å². The fourth-order valence-corrected chi connectivity index (χ4v) is 3.35. The second kappa shape index (κ2) is 15.2. The van der Waals surface area contributed by atoms with Crippen LogP contribution in [0.25, 0.3) is 0 Å². The molecule has 0 bridgehead atoms. The molecular formula is C21H35NO9. The van der Waals surface area contributed by atoms with Crippen molar-refractivity contribution in [1.82, 2.24) is 5.32 Å². The highest BCUT2D eigenvalue weighted by Crippen LogP contribution is 2.20. The van der Waals surface area contributed by atoms with Crippen molar-refractivity contribution in [2.75, 3.05) is 0 Å². The SMILES string of the molecule is CCC(CC(CC(CC(CC(C)OC(C)=O)OC(C)=O)OC(C)=O)NC=O)OC(C)=O. The summed E-state index contributed by atoms with van der Waals surface area (Å²) in [6.07, 6.45) is -0.321. The van der Waals surface area contributed by atoms with Crippen LogP contribution >= 0.6 is 0 Å². The molecule has 0 rings (SSSR count). The number of hydrogen-bond acceptors (Lipinski definition) is 9. The molecule has 5 atom stereocenters. The van der Waals surface area contributed by atoms with Gasteiger partial charge in [-0.2, -0.15) is 0 Å². The first-order chi connectivity index (χ1) is 14.5. The lowest BCUT2D eigenvalue weighted by molar-refractivity contribution is -0.156. The van der Waals surface area contributed by atoms with E-state index in [0.29, 0.717) is 19.3 Å². The second-order valence-corrected chi connectivity index (χ2v) is 7.45. The minimum atomic E-state index is -0.696. The van der Waals surface area contributed by atoms with Crippen molar-refractivity contribution < 1.29 is 42.9 Å². The minimum absolute atomic E-state index is 0.145. The molecule has 0 aliphatic carbocycles. The van der Waals surface area contributed by atoms with Crippen molar-refractivity contribution in [2.24, 2.45) is 0 Å². The summed E-state index contributed by atoms with van der Waals surface area (Å²) in [5, 5.41) is 2.67. The van der Waals surface area contributed by atoms with Crippen LogP contribution in [0.2, 0.25) is 0 Å². The molecule has 10 nitrogen and oxygen atoms in total. The van der Waals surface area contributed by atoms with Crippen molar-refractivity contribution in [2.45, 2.75) is 104 Å². The lowest BCUT2D eigenvalue weighted by Gasteiger charge is -2.29. The van der Waals surface area contributed by atoms with Gasteiger partial charge >= 0.3 is 23.9 Å². The Morgan fingerprint density at radius 3 is 1.55 bits per heavy atom. The van der Waals surface area contributed by atoms with E-state index in [4.69, 9.17) is 18.9 Å². The monoisotopic (exact) mass is 445 g/mol. The van der Waals surface area contributed by atoms with Crippen LogP contribution in [-0.4, -0.2) is 60.7 Å². The average Bonchev–Trinajstić information content (AvgIpc) is 2.58.